The number of aliphatic hydroxyl groups excluding tert-OH is 1. The second-order valence-electron chi connectivity index (χ2n) is 9.52. The molecule has 4 heteroatoms. The maximum atomic E-state index is 9.75. The summed E-state index contributed by atoms with van der Waals surface area (Å²) >= 11 is 0. The quantitative estimate of drug-likeness (QED) is 0.171. The molecule has 1 aromatic carbocycles. The van der Waals surface area contributed by atoms with Crippen LogP contribution in [-0.4, -0.2) is 22.9 Å². The van der Waals surface area contributed by atoms with Gasteiger partial charge in [-0.15, -0.1) is 0 Å². The lowest BCUT2D eigenvalue weighted by Crippen LogP contribution is -2.17. The Morgan fingerprint density at radius 3 is 1.70 bits per heavy atom. The zero-order valence-corrected chi connectivity index (χ0v) is 21.2. The molecule has 0 aromatic heterocycles. The van der Waals surface area contributed by atoms with E-state index in [2.05, 4.69) is 6.92 Å². The van der Waals surface area contributed by atoms with Gasteiger partial charge in [-0.3, -0.25) is 0 Å². The molecule has 0 radical (unpaired) electrons. The number of nitriles is 1. The molecule has 0 saturated heterocycles. The molecule has 0 aliphatic heterocycles. The van der Waals surface area contributed by atoms with E-state index in [0.717, 1.165) is 18.4 Å². The van der Waals surface area contributed by atoms with Crippen molar-refractivity contribution in [3.8, 4) is 11.8 Å². The topological polar surface area (TPSA) is 73.5 Å². The van der Waals surface area contributed by atoms with Gasteiger partial charge in [0.05, 0.1) is 24.9 Å². The lowest BCUT2D eigenvalue weighted by molar-refractivity contribution is -0.00353. The number of hydrogen-bond acceptors (Lipinski definition) is 4. The molecule has 0 aliphatic carbocycles. The summed E-state index contributed by atoms with van der Waals surface area (Å²) in [6.07, 6.45) is 23.8. The van der Waals surface area contributed by atoms with E-state index in [1.165, 1.54) is 103 Å². The molecule has 1 rings (SSSR count). The van der Waals surface area contributed by atoms with Crippen LogP contribution < -0.4 is 0 Å². The van der Waals surface area contributed by atoms with Gasteiger partial charge in [-0.25, -0.2) is 0 Å². The number of phenols is 1. The summed E-state index contributed by atoms with van der Waals surface area (Å²) in [4.78, 5) is 0. The molecule has 0 fully saturated rings. The van der Waals surface area contributed by atoms with Gasteiger partial charge >= 0.3 is 0 Å². The van der Waals surface area contributed by atoms with Crippen molar-refractivity contribution in [1.82, 2.24) is 0 Å². The minimum absolute atomic E-state index is 0.0150. The minimum atomic E-state index is -0.167. The Morgan fingerprint density at radius 1 is 0.788 bits per heavy atom. The first-order chi connectivity index (χ1) is 16.2. The van der Waals surface area contributed by atoms with Crippen LogP contribution in [-0.2, 0) is 11.3 Å². The molecule has 0 heterocycles. The van der Waals surface area contributed by atoms with Crippen LogP contribution in [0.5, 0.6) is 5.75 Å². The zero-order chi connectivity index (χ0) is 24.0. The third kappa shape index (κ3) is 15.8. The Kier molecular flexibility index (Phi) is 18.7. The summed E-state index contributed by atoms with van der Waals surface area (Å²) in [6.45, 7) is 2.63. The maximum Gasteiger partial charge on any atom is 0.133 e. The van der Waals surface area contributed by atoms with Gasteiger partial charge in [-0.2, -0.15) is 5.26 Å². The molecular weight excluding hydrogens is 410 g/mol. The van der Waals surface area contributed by atoms with E-state index < -0.39 is 0 Å². The Balaban J connectivity index is 1.90. The third-order valence-corrected chi connectivity index (χ3v) is 6.50. The van der Waals surface area contributed by atoms with E-state index in [4.69, 9.17) is 10.00 Å². The molecule has 2 N–H and O–H groups in total. The van der Waals surface area contributed by atoms with Gasteiger partial charge in [0.25, 0.3) is 0 Å². The Morgan fingerprint density at radius 2 is 1.27 bits per heavy atom. The third-order valence-electron chi connectivity index (χ3n) is 6.50. The molecule has 33 heavy (non-hydrogen) atoms. The van der Waals surface area contributed by atoms with E-state index in [9.17, 15) is 10.2 Å². The van der Waals surface area contributed by atoms with Crippen molar-refractivity contribution in [2.24, 2.45) is 0 Å². The predicted molar refractivity (Wildman–Crippen MR) is 137 cm³/mol. The smallest absolute Gasteiger partial charge is 0.133 e. The largest absolute Gasteiger partial charge is 0.507 e. The molecule has 1 aromatic rings. The summed E-state index contributed by atoms with van der Waals surface area (Å²) in [6, 6.07) is 6.88. The number of unbranched alkanes of at least 4 members (excludes halogenated alkanes) is 16. The average Bonchev–Trinajstić information content (AvgIpc) is 2.83. The Labute approximate surface area is 203 Å². The van der Waals surface area contributed by atoms with E-state index >= 15 is 0 Å². The van der Waals surface area contributed by atoms with E-state index in [1.807, 2.05) is 6.07 Å². The molecule has 4 nitrogen and oxygen atoms in total. The number of hydrogen-bond donors (Lipinski definition) is 2. The summed E-state index contributed by atoms with van der Waals surface area (Å²) in [7, 11) is 0. The first kappa shape index (κ1) is 29.5. The van der Waals surface area contributed by atoms with Gasteiger partial charge < -0.3 is 14.9 Å². The molecule has 0 saturated carbocycles. The van der Waals surface area contributed by atoms with Gasteiger partial charge in [0.15, 0.2) is 0 Å². The van der Waals surface area contributed by atoms with Crippen LogP contribution in [0.25, 0.3) is 0 Å². The van der Waals surface area contributed by atoms with Gasteiger partial charge in [-0.1, -0.05) is 122 Å². The van der Waals surface area contributed by atoms with E-state index in [1.54, 1.807) is 18.2 Å². The van der Waals surface area contributed by atoms with E-state index in [-0.39, 0.29) is 24.0 Å². The SMILES string of the molecule is CCCCCCCCCCCCCCCCCCCC(CO)OCc1ccc(C#N)c(O)c1. The number of ether oxygens (including phenoxy) is 1. The summed E-state index contributed by atoms with van der Waals surface area (Å²) in [5.74, 6) is -0.0210. The second-order valence-corrected chi connectivity index (χ2v) is 9.52. The number of nitrogens with zero attached hydrogens (tertiary/aromatic N) is 1. The fourth-order valence-corrected chi connectivity index (χ4v) is 4.30. The van der Waals surface area contributed by atoms with Crippen LogP contribution in [0.1, 0.15) is 134 Å². The van der Waals surface area contributed by atoms with Crippen LogP contribution in [0.4, 0.5) is 0 Å². The number of benzene rings is 1. The highest BCUT2D eigenvalue weighted by Crippen LogP contribution is 2.19. The molecule has 188 valence electrons. The van der Waals surface area contributed by atoms with Crippen LogP contribution in [0.3, 0.4) is 0 Å². The van der Waals surface area contributed by atoms with Crippen molar-refractivity contribution in [2.45, 2.75) is 135 Å². The minimum Gasteiger partial charge on any atom is -0.507 e. The highest BCUT2D eigenvalue weighted by Gasteiger charge is 2.09. The van der Waals surface area contributed by atoms with Crippen molar-refractivity contribution < 1.29 is 14.9 Å². The molecule has 1 atom stereocenters. The molecule has 0 amide bonds. The van der Waals surface area contributed by atoms with Gasteiger partial charge in [0.1, 0.15) is 11.8 Å². The fourth-order valence-electron chi connectivity index (χ4n) is 4.30. The van der Waals surface area contributed by atoms with Crippen molar-refractivity contribution in [1.29, 1.82) is 5.26 Å². The van der Waals surface area contributed by atoms with Gasteiger partial charge in [-0.05, 0) is 24.1 Å². The summed E-state index contributed by atoms with van der Waals surface area (Å²) < 4.78 is 5.79. The lowest BCUT2D eigenvalue weighted by Gasteiger charge is -2.15. The highest BCUT2D eigenvalue weighted by molar-refractivity contribution is 5.44. The highest BCUT2D eigenvalue weighted by atomic mass is 16.5. The number of aliphatic hydroxyl groups is 1. The average molecular weight is 460 g/mol. The standard InChI is InChI=1S/C29H49NO3/c1-2-3-4-5-6-7-8-9-10-11-12-13-14-15-16-17-18-19-28(24-31)33-25-26-20-21-27(23-30)29(32)22-26/h20-22,28,31-32H,2-19,24-25H2,1H3. The Bertz CT molecular complexity index is 626. The summed E-state index contributed by atoms with van der Waals surface area (Å²) in [5.41, 5.74) is 1.08. The zero-order valence-electron chi connectivity index (χ0n) is 21.2. The lowest BCUT2D eigenvalue weighted by atomic mass is 10.0. The first-order valence-corrected chi connectivity index (χ1v) is 13.7. The first-order valence-electron chi connectivity index (χ1n) is 13.7. The van der Waals surface area contributed by atoms with Crippen molar-refractivity contribution >= 4 is 0 Å². The van der Waals surface area contributed by atoms with Gasteiger partial charge in [0, 0.05) is 0 Å². The van der Waals surface area contributed by atoms with Crippen molar-refractivity contribution in [3.05, 3.63) is 29.3 Å². The van der Waals surface area contributed by atoms with Crippen LogP contribution in [0.15, 0.2) is 18.2 Å². The number of aromatic hydroxyl groups is 1. The van der Waals surface area contributed by atoms with Gasteiger partial charge in [0.2, 0.25) is 0 Å². The van der Waals surface area contributed by atoms with Crippen LogP contribution in [0.2, 0.25) is 0 Å². The fraction of sp³-hybridized carbons (Fsp3) is 0.759. The molecule has 0 spiro atoms. The normalized spacial score (nSPS) is 12.0. The van der Waals surface area contributed by atoms with Crippen LogP contribution in [0, 0.1) is 11.3 Å². The monoisotopic (exact) mass is 459 g/mol. The molecule has 1 unspecified atom stereocenters. The number of phenolic OH excluding ortho intramolecular Hbond substituents is 1. The molecular formula is C29H49NO3. The molecule has 0 bridgehead atoms. The predicted octanol–water partition coefficient (Wildman–Crippen LogP) is 8.18. The summed E-state index contributed by atoms with van der Waals surface area (Å²) in [5, 5.41) is 28.2. The van der Waals surface area contributed by atoms with Crippen molar-refractivity contribution in [3.63, 3.8) is 0 Å². The molecule has 0 aliphatic rings. The second kappa shape index (κ2) is 21.0. The van der Waals surface area contributed by atoms with E-state index in [0.29, 0.717) is 6.61 Å². The van der Waals surface area contributed by atoms with Crippen LogP contribution >= 0.6 is 0 Å². The number of rotatable bonds is 22. The van der Waals surface area contributed by atoms with Crippen molar-refractivity contribution in [2.75, 3.05) is 6.61 Å². The maximum absolute atomic E-state index is 9.75. The Hall–Kier alpha value is -1.57.